The molecule has 1 N–H and O–H groups in total. The van der Waals surface area contributed by atoms with Gasteiger partial charge in [-0.3, -0.25) is 4.99 Å². The number of nitrogens with zero attached hydrogens (tertiary/aromatic N) is 1. The van der Waals surface area contributed by atoms with Crippen LogP contribution in [0.5, 0.6) is 0 Å². The Labute approximate surface area is 88.7 Å². The van der Waals surface area contributed by atoms with Crippen molar-refractivity contribution in [2.75, 3.05) is 6.54 Å². The van der Waals surface area contributed by atoms with E-state index in [9.17, 15) is 0 Å². The highest BCUT2D eigenvalue weighted by Gasteiger charge is 2.17. The van der Waals surface area contributed by atoms with Crippen LogP contribution in [-0.2, 0) is 5.41 Å². The minimum atomic E-state index is 0.129. The fraction of sp³-hybridized carbons (Fsp3) is 0.545. The van der Waals surface area contributed by atoms with Crippen molar-refractivity contribution in [1.82, 2.24) is 4.98 Å². The Balaban J connectivity index is 2.69. The monoisotopic (exact) mass is 210 g/mol. The van der Waals surface area contributed by atoms with E-state index >= 15 is 0 Å². The number of fused-ring (bicyclic) bond motifs is 1. The standard InChI is InChI=1S/C11H15ClN2/c1-11(2,3)9-6-7-8(12)4-5-13-10(7)14-9/h6H,4-5H2,1-3H3,(H,13,14). The molecule has 0 bridgehead atoms. The van der Waals surface area contributed by atoms with E-state index in [4.69, 9.17) is 11.6 Å². The van der Waals surface area contributed by atoms with Crippen LogP contribution in [0.25, 0.3) is 5.03 Å². The summed E-state index contributed by atoms with van der Waals surface area (Å²) in [6, 6.07) is 2.13. The van der Waals surface area contributed by atoms with Crippen molar-refractivity contribution in [3.05, 3.63) is 22.5 Å². The van der Waals surface area contributed by atoms with Crippen molar-refractivity contribution < 1.29 is 0 Å². The fourth-order valence-electron chi connectivity index (χ4n) is 1.58. The highest BCUT2D eigenvalue weighted by Crippen LogP contribution is 2.18. The van der Waals surface area contributed by atoms with Crippen LogP contribution < -0.4 is 10.7 Å². The number of H-pyrrole nitrogens is 1. The second-order valence-electron chi connectivity index (χ2n) is 4.73. The number of halogens is 1. The van der Waals surface area contributed by atoms with Crippen molar-refractivity contribution >= 4 is 16.6 Å². The van der Waals surface area contributed by atoms with Crippen molar-refractivity contribution in [2.24, 2.45) is 4.99 Å². The van der Waals surface area contributed by atoms with Gasteiger partial charge in [-0.25, -0.2) is 0 Å². The van der Waals surface area contributed by atoms with Gasteiger partial charge in [0, 0.05) is 34.3 Å². The lowest BCUT2D eigenvalue weighted by Gasteiger charge is -2.15. The third-order valence-corrected chi connectivity index (χ3v) is 2.89. The quantitative estimate of drug-likeness (QED) is 0.675. The van der Waals surface area contributed by atoms with Gasteiger partial charge in [-0.15, -0.1) is 0 Å². The molecule has 0 unspecified atom stereocenters. The van der Waals surface area contributed by atoms with E-state index in [1.165, 1.54) is 5.69 Å². The third kappa shape index (κ3) is 1.59. The van der Waals surface area contributed by atoms with E-state index in [0.717, 1.165) is 28.7 Å². The lowest BCUT2D eigenvalue weighted by atomic mass is 9.92. The second kappa shape index (κ2) is 3.13. The van der Waals surface area contributed by atoms with Crippen LogP contribution in [-0.4, -0.2) is 11.5 Å². The molecule has 2 heterocycles. The topological polar surface area (TPSA) is 28.1 Å². The Morgan fingerprint density at radius 2 is 2.14 bits per heavy atom. The summed E-state index contributed by atoms with van der Waals surface area (Å²) in [4.78, 5) is 7.75. The minimum Gasteiger partial charge on any atom is -0.343 e. The zero-order valence-electron chi connectivity index (χ0n) is 8.82. The van der Waals surface area contributed by atoms with Gasteiger partial charge in [0.15, 0.2) is 0 Å². The minimum absolute atomic E-state index is 0.129. The van der Waals surface area contributed by atoms with Crippen molar-refractivity contribution in [2.45, 2.75) is 32.6 Å². The zero-order valence-corrected chi connectivity index (χ0v) is 9.57. The molecular formula is C11H15ClN2. The summed E-state index contributed by atoms with van der Waals surface area (Å²) in [6.07, 6.45) is 0.871. The first-order valence-corrected chi connectivity index (χ1v) is 5.29. The molecule has 0 aromatic carbocycles. The van der Waals surface area contributed by atoms with Gasteiger partial charge in [0.25, 0.3) is 0 Å². The average Bonchev–Trinajstić information content (AvgIpc) is 2.48. The second-order valence-corrected chi connectivity index (χ2v) is 5.19. The number of aromatic amines is 1. The first kappa shape index (κ1) is 9.78. The Morgan fingerprint density at radius 3 is 2.71 bits per heavy atom. The molecule has 1 aliphatic heterocycles. The van der Waals surface area contributed by atoms with Gasteiger partial charge in [-0.05, 0) is 6.07 Å². The summed E-state index contributed by atoms with van der Waals surface area (Å²) in [5.74, 6) is 0. The summed E-state index contributed by atoms with van der Waals surface area (Å²) < 4.78 is 0. The van der Waals surface area contributed by atoms with Gasteiger partial charge in [-0.2, -0.15) is 0 Å². The predicted octanol–water partition coefficient (Wildman–Crippen LogP) is 1.68. The fourth-order valence-corrected chi connectivity index (χ4v) is 1.81. The van der Waals surface area contributed by atoms with Crippen molar-refractivity contribution in [3.63, 3.8) is 0 Å². The third-order valence-electron chi connectivity index (χ3n) is 2.50. The van der Waals surface area contributed by atoms with E-state index in [1.54, 1.807) is 0 Å². The summed E-state index contributed by atoms with van der Waals surface area (Å²) in [5, 5.41) is 2.02. The molecule has 2 rings (SSSR count). The molecule has 0 atom stereocenters. The first-order valence-electron chi connectivity index (χ1n) is 4.91. The van der Waals surface area contributed by atoms with Gasteiger partial charge in [0.2, 0.25) is 0 Å². The van der Waals surface area contributed by atoms with Crippen LogP contribution in [0.3, 0.4) is 0 Å². The molecule has 76 valence electrons. The molecule has 0 fully saturated rings. The van der Waals surface area contributed by atoms with Crippen LogP contribution >= 0.6 is 11.6 Å². The summed E-state index contributed by atoms with van der Waals surface area (Å²) in [5.41, 5.74) is 2.28. The summed E-state index contributed by atoms with van der Waals surface area (Å²) in [7, 11) is 0. The zero-order chi connectivity index (χ0) is 10.3. The molecular weight excluding hydrogens is 196 g/mol. The van der Waals surface area contributed by atoms with Crippen LogP contribution in [0, 0.1) is 0 Å². The normalized spacial score (nSPS) is 16.4. The number of hydrogen-bond acceptors (Lipinski definition) is 1. The van der Waals surface area contributed by atoms with Crippen LogP contribution in [0.2, 0.25) is 0 Å². The number of aromatic nitrogens is 1. The molecule has 0 amide bonds. The molecule has 0 spiro atoms. The Bertz CT molecular complexity index is 462. The molecule has 0 saturated carbocycles. The van der Waals surface area contributed by atoms with E-state index in [1.807, 2.05) is 0 Å². The molecule has 1 aromatic rings. The smallest absolute Gasteiger partial charge is 0.133 e. The number of nitrogens with one attached hydrogen (secondary N) is 1. The lowest BCUT2D eigenvalue weighted by molar-refractivity contribution is 0.571. The SMILES string of the molecule is CC(C)(C)c1cc2c([nH]1)=NCCC=2Cl. The maximum atomic E-state index is 6.15. The van der Waals surface area contributed by atoms with Gasteiger partial charge < -0.3 is 4.98 Å². The molecule has 0 radical (unpaired) electrons. The van der Waals surface area contributed by atoms with E-state index in [0.29, 0.717) is 0 Å². The van der Waals surface area contributed by atoms with Gasteiger partial charge in [0.05, 0.1) is 0 Å². The molecule has 2 nitrogen and oxygen atoms in total. The Morgan fingerprint density at radius 1 is 1.43 bits per heavy atom. The van der Waals surface area contributed by atoms with E-state index < -0.39 is 0 Å². The van der Waals surface area contributed by atoms with Crippen molar-refractivity contribution in [3.8, 4) is 0 Å². The lowest BCUT2D eigenvalue weighted by Crippen LogP contribution is -2.28. The molecule has 14 heavy (non-hydrogen) atoms. The van der Waals surface area contributed by atoms with Gasteiger partial charge in [0.1, 0.15) is 5.49 Å². The first-order chi connectivity index (χ1) is 6.48. The summed E-state index contributed by atoms with van der Waals surface area (Å²) in [6.45, 7) is 7.34. The molecule has 1 aliphatic rings. The Hall–Kier alpha value is -0.760. The van der Waals surface area contributed by atoms with Crippen molar-refractivity contribution in [1.29, 1.82) is 0 Å². The van der Waals surface area contributed by atoms with E-state index in [-0.39, 0.29) is 5.41 Å². The molecule has 3 heteroatoms. The molecule has 0 saturated heterocycles. The van der Waals surface area contributed by atoms with Crippen LogP contribution in [0.15, 0.2) is 11.1 Å². The van der Waals surface area contributed by atoms with Crippen LogP contribution in [0.1, 0.15) is 32.9 Å². The number of hydrogen-bond donors (Lipinski definition) is 1. The molecule has 0 aliphatic carbocycles. The predicted molar refractivity (Wildman–Crippen MR) is 59.0 cm³/mol. The average molecular weight is 211 g/mol. The van der Waals surface area contributed by atoms with E-state index in [2.05, 4.69) is 36.8 Å². The van der Waals surface area contributed by atoms with Gasteiger partial charge >= 0.3 is 0 Å². The highest BCUT2D eigenvalue weighted by atomic mass is 35.5. The summed E-state index contributed by atoms with van der Waals surface area (Å²) >= 11 is 6.15. The van der Waals surface area contributed by atoms with Gasteiger partial charge in [-0.1, -0.05) is 32.4 Å². The highest BCUT2D eigenvalue weighted by molar-refractivity contribution is 6.45. The maximum absolute atomic E-state index is 6.15. The number of rotatable bonds is 0. The largest absolute Gasteiger partial charge is 0.343 e. The maximum Gasteiger partial charge on any atom is 0.133 e. The molecule has 1 aromatic heterocycles. The Kier molecular flexibility index (Phi) is 2.18. The van der Waals surface area contributed by atoms with Crippen LogP contribution in [0.4, 0.5) is 0 Å².